The van der Waals surface area contributed by atoms with E-state index in [-0.39, 0.29) is 0 Å². The van der Waals surface area contributed by atoms with Crippen LogP contribution in [0.5, 0.6) is 0 Å². The van der Waals surface area contributed by atoms with Gasteiger partial charge in [-0.2, -0.15) is 0 Å². The zero-order valence-corrected chi connectivity index (χ0v) is 16.6. The number of imidazole rings is 1. The first-order chi connectivity index (χ1) is 11.9. The lowest BCUT2D eigenvalue weighted by molar-refractivity contribution is 0.262. The number of aromatic nitrogens is 2. The van der Waals surface area contributed by atoms with Gasteiger partial charge >= 0.3 is 6.03 Å². The van der Waals surface area contributed by atoms with E-state index in [9.17, 15) is 4.79 Å². The minimum atomic E-state index is -0.396. The largest absolute Gasteiger partial charge is 0.324 e. The Balaban J connectivity index is 1.92. The molecule has 3 rings (SSSR count). The highest BCUT2D eigenvalue weighted by atomic mass is 79.9. The summed E-state index contributed by atoms with van der Waals surface area (Å²) in [6.07, 6.45) is 2.57. The monoisotopic (exact) mass is 440 g/mol. The van der Waals surface area contributed by atoms with E-state index in [1.807, 2.05) is 30.5 Å². The van der Waals surface area contributed by atoms with Crippen LogP contribution in [0.1, 0.15) is 18.2 Å². The summed E-state index contributed by atoms with van der Waals surface area (Å²) in [5.74, 6) is 0.632. The number of carbonyl (C=O) groups excluding carboxylic acids is 1. The molecule has 0 saturated carbocycles. The Kier molecular flexibility index (Phi) is 5.22. The van der Waals surface area contributed by atoms with Crippen LogP contribution in [0.25, 0.3) is 5.65 Å². The molecule has 0 radical (unpaired) electrons. The highest BCUT2D eigenvalue weighted by Gasteiger charge is 2.16. The lowest BCUT2D eigenvalue weighted by atomic mass is 10.3. The van der Waals surface area contributed by atoms with Crippen molar-refractivity contribution < 1.29 is 4.79 Å². The van der Waals surface area contributed by atoms with E-state index in [0.29, 0.717) is 28.0 Å². The van der Waals surface area contributed by atoms with Crippen LogP contribution in [0.15, 0.2) is 34.9 Å². The molecular weight excluding hydrogens is 427 g/mol. The normalized spacial score (nSPS) is 10.9. The second kappa shape index (κ2) is 7.23. The SMILES string of the molecule is CCc1nc2c(C)cc(Br)cn2c1NC(=O)Nc1cc(Cl)cc(Cl)c1. The molecule has 0 aliphatic carbocycles. The van der Waals surface area contributed by atoms with E-state index in [2.05, 4.69) is 31.5 Å². The van der Waals surface area contributed by atoms with E-state index in [0.717, 1.165) is 21.4 Å². The van der Waals surface area contributed by atoms with Gasteiger partial charge in [0.1, 0.15) is 11.5 Å². The van der Waals surface area contributed by atoms with Crippen molar-refractivity contribution in [1.82, 2.24) is 9.38 Å². The van der Waals surface area contributed by atoms with Gasteiger partial charge in [0.2, 0.25) is 0 Å². The lowest BCUT2D eigenvalue weighted by Crippen LogP contribution is -2.21. The third-order valence-corrected chi connectivity index (χ3v) is 4.50. The predicted molar refractivity (Wildman–Crippen MR) is 106 cm³/mol. The number of amides is 2. The number of hydrogen-bond acceptors (Lipinski definition) is 2. The van der Waals surface area contributed by atoms with Crippen molar-refractivity contribution in [2.24, 2.45) is 0 Å². The Morgan fingerprint density at radius 2 is 1.88 bits per heavy atom. The fourth-order valence-corrected chi connectivity index (χ4v) is 3.66. The van der Waals surface area contributed by atoms with Crippen LogP contribution >= 0.6 is 39.1 Å². The zero-order chi connectivity index (χ0) is 18.1. The lowest BCUT2D eigenvalue weighted by Gasteiger charge is -2.10. The van der Waals surface area contributed by atoms with Crippen molar-refractivity contribution in [2.75, 3.05) is 10.6 Å². The number of hydrogen-bond donors (Lipinski definition) is 2. The number of carbonyl (C=O) groups is 1. The first kappa shape index (κ1) is 18.0. The molecule has 0 fully saturated rings. The van der Waals surface area contributed by atoms with Crippen molar-refractivity contribution in [3.63, 3.8) is 0 Å². The standard InChI is InChI=1S/C17H15BrCl2N4O/c1-3-14-16(24-8-10(18)4-9(2)15(24)22-14)23-17(25)21-13-6-11(19)5-12(20)7-13/h4-8H,3H2,1-2H3,(H2,21,23,25). The van der Waals surface area contributed by atoms with Crippen LogP contribution in [0, 0.1) is 6.92 Å². The molecule has 2 N–H and O–H groups in total. The minimum absolute atomic E-state index is 0.396. The molecular formula is C17H15BrCl2N4O. The first-order valence-corrected chi connectivity index (χ1v) is 9.13. The van der Waals surface area contributed by atoms with Crippen LogP contribution in [-0.2, 0) is 6.42 Å². The summed E-state index contributed by atoms with van der Waals surface area (Å²) in [5.41, 5.74) is 3.14. The van der Waals surface area contributed by atoms with Crippen molar-refractivity contribution in [2.45, 2.75) is 20.3 Å². The van der Waals surface area contributed by atoms with Gasteiger partial charge in [0.25, 0.3) is 0 Å². The maximum atomic E-state index is 12.4. The maximum absolute atomic E-state index is 12.4. The summed E-state index contributed by atoms with van der Waals surface area (Å²) in [7, 11) is 0. The van der Waals surface area contributed by atoms with Crippen molar-refractivity contribution in [1.29, 1.82) is 0 Å². The van der Waals surface area contributed by atoms with Gasteiger partial charge in [0.05, 0.1) is 5.69 Å². The fraction of sp³-hybridized carbons (Fsp3) is 0.176. The molecule has 0 saturated heterocycles. The highest BCUT2D eigenvalue weighted by Crippen LogP contribution is 2.26. The summed E-state index contributed by atoms with van der Waals surface area (Å²) in [4.78, 5) is 17.0. The quantitative estimate of drug-likeness (QED) is 0.530. The van der Waals surface area contributed by atoms with E-state index in [1.54, 1.807) is 18.2 Å². The molecule has 0 aliphatic heterocycles. The summed E-state index contributed by atoms with van der Waals surface area (Å²) in [5, 5.41) is 6.51. The number of nitrogens with one attached hydrogen (secondary N) is 2. The van der Waals surface area contributed by atoms with Gasteiger partial charge in [0.15, 0.2) is 0 Å². The summed E-state index contributed by atoms with van der Waals surface area (Å²) in [6.45, 7) is 3.97. The number of pyridine rings is 1. The molecule has 2 heterocycles. The molecule has 2 aromatic heterocycles. The number of nitrogens with zero attached hydrogens (tertiary/aromatic N) is 2. The predicted octanol–water partition coefficient (Wildman–Crippen LogP) is 5.92. The van der Waals surface area contributed by atoms with Gasteiger partial charge < -0.3 is 5.32 Å². The third kappa shape index (κ3) is 3.92. The summed E-state index contributed by atoms with van der Waals surface area (Å²) in [6, 6.07) is 6.45. The number of benzene rings is 1. The maximum Gasteiger partial charge on any atom is 0.324 e. The third-order valence-electron chi connectivity index (χ3n) is 3.63. The molecule has 130 valence electrons. The number of fused-ring (bicyclic) bond motifs is 1. The Labute approximate surface area is 163 Å². The van der Waals surface area contributed by atoms with E-state index in [4.69, 9.17) is 23.2 Å². The number of anilines is 2. The zero-order valence-electron chi connectivity index (χ0n) is 13.5. The molecule has 2 amide bonds. The Morgan fingerprint density at radius 3 is 2.52 bits per heavy atom. The van der Waals surface area contributed by atoms with Crippen molar-refractivity contribution >= 4 is 62.3 Å². The van der Waals surface area contributed by atoms with Crippen molar-refractivity contribution in [3.05, 3.63) is 56.2 Å². The van der Waals surface area contributed by atoms with Crippen LogP contribution in [-0.4, -0.2) is 15.4 Å². The molecule has 0 aliphatic rings. The van der Waals surface area contributed by atoms with Crippen LogP contribution in [0.2, 0.25) is 10.0 Å². The van der Waals surface area contributed by atoms with Gasteiger partial charge in [-0.1, -0.05) is 30.1 Å². The molecule has 0 bridgehead atoms. The number of halogens is 3. The first-order valence-electron chi connectivity index (χ1n) is 7.58. The van der Waals surface area contributed by atoms with E-state index >= 15 is 0 Å². The summed E-state index contributed by atoms with van der Waals surface area (Å²) >= 11 is 15.4. The fourth-order valence-electron chi connectivity index (χ4n) is 2.59. The van der Waals surface area contributed by atoms with Gasteiger partial charge in [-0.3, -0.25) is 9.72 Å². The number of aryl methyl sites for hydroxylation is 2. The molecule has 5 nitrogen and oxygen atoms in total. The van der Waals surface area contributed by atoms with Gasteiger partial charge in [-0.05, 0) is 59.1 Å². The second-order valence-corrected chi connectivity index (χ2v) is 7.32. The molecule has 25 heavy (non-hydrogen) atoms. The van der Waals surface area contributed by atoms with Gasteiger partial charge in [-0.25, -0.2) is 9.78 Å². The molecule has 0 atom stereocenters. The van der Waals surface area contributed by atoms with E-state index in [1.165, 1.54) is 0 Å². The summed E-state index contributed by atoms with van der Waals surface area (Å²) < 4.78 is 2.77. The topological polar surface area (TPSA) is 58.4 Å². The molecule has 0 spiro atoms. The van der Waals surface area contributed by atoms with E-state index < -0.39 is 6.03 Å². The van der Waals surface area contributed by atoms with Crippen molar-refractivity contribution in [3.8, 4) is 0 Å². The highest BCUT2D eigenvalue weighted by molar-refractivity contribution is 9.10. The number of urea groups is 1. The Hall–Kier alpha value is -1.76. The smallest absolute Gasteiger partial charge is 0.308 e. The molecule has 0 unspecified atom stereocenters. The average Bonchev–Trinajstić information content (AvgIpc) is 2.84. The molecule has 1 aromatic carbocycles. The van der Waals surface area contributed by atoms with Gasteiger partial charge in [0, 0.05) is 26.4 Å². The average molecular weight is 442 g/mol. The van der Waals surface area contributed by atoms with Crippen LogP contribution in [0.3, 0.4) is 0 Å². The van der Waals surface area contributed by atoms with Gasteiger partial charge in [-0.15, -0.1) is 0 Å². The Morgan fingerprint density at radius 1 is 1.20 bits per heavy atom. The molecule has 8 heteroatoms. The van der Waals surface area contributed by atoms with Crippen LogP contribution in [0.4, 0.5) is 16.3 Å². The molecule has 3 aromatic rings. The minimum Gasteiger partial charge on any atom is -0.308 e. The number of rotatable bonds is 3. The van der Waals surface area contributed by atoms with Crippen LogP contribution < -0.4 is 10.6 Å². The Bertz CT molecular complexity index is 951. The second-order valence-electron chi connectivity index (χ2n) is 5.53.